The average Bonchev–Trinajstić information content (AvgIpc) is 2.27. The van der Waals surface area contributed by atoms with Gasteiger partial charge in [0.1, 0.15) is 0 Å². The van der Waals surface area contributed by atoms with Crippen molar-refractivity contribution in [2.75, 3.05) is 19.6 Å². The van der Waals surface area contributed by atoms with Gasteiger partial charge in [0.05, 0.1) is 6.54 Å². The Morgan fingerprint density at radius 1 is 1.67 bits per heavy atom. The molecule has 0 radical (unpaired) electrons. The first kappa shape index (κ1) is 8.92. The highest BCUT2D eigenvalue weighted by molar-refractivity contribution is 5.76. The Hall–Kier alpha value is -1.17. The van der Waals surface area contributed by atoms with Gasteiger partial charge in [0.25, 0.3) is 0 Å². The number of nitrogens with one attached hydrogen (secondary N) is 2. The van der Waals surface area contributed by atoms with Crippen LogP contribution in [0, 0.1) is 0 Å². The summed E-state index contributed by atoms with van der Waals surface area (Å²) in [5.41, 5.74) is 0. The number of nitrogens with zero attached hydrogens (tertiary/aromatic N) is 2. The maximum atomic E-state index is 10.9. The van der Waals surface area contributed by atoms with Gasteiger partial charge in [-0.25, -0.2) is 0 Å². The Balaban J connectivity index is 2.30. The van der Waals surface area contributed by atoms with Crippen molar-refractivity contribution in [2.24, 2.45) is 16.2 Å². The summed E-state index contributed by atoms with van der Waals surface area (Å²) in [5, 5.41) is 12.7. The fourth-order valence-corrected chi connectivity index (χ4v) is 1.06. The number of hydrogen-bond acceptors (Lipinski definition) is 4. The standard InChI is InChI=1S/C6H13N5O/c7-11-10-4-5-3-9-6(12)1-2-8-5/h5,8H,1-4H2,(H2,7,10)(H,9,12)/t5-/m0/s1. The molecular formula is C6H13N5O. The van der Waals surface area contributed by atoms with Crippen molar-refractivity contribution in [2.45, 2.75) is 12.5 Å². The lowest BCUT2D eigenvalue weighted by atomic mass is 10.3. The summed E-state index contributed by atoms with van der Waals surface area (Å²) in [6, 6.07) is 0.156. The van der Waals surface area contributed by atoms with E-state index in [2.05, 4.69) is 21.0 Å². The number of rotatable bonds is 2. The van der Waals surface area contributed by atoms with Gasteiger partial charge in [-0.15, -0.1) is 0 Å². The molecule has 0 unspecified atom stereocenters. The van der Waals surface area contributed by atoms with E-state index in [1.54, 1.807) is 0 Å². The van der Waals surface area contributed by atoms with Gasteiger partial charge in [0.15, 0.2) is 0 Å². The van der Waals surface area contributed by atoms with Crippen molar-refractivity contribution in [3.63, 3.8) is 0 Å². The second-order valence-electron chi connectivity index (χ2n) is 2.64. The van der Waals surface area contributed by atoms with Gasteiger partial charge in [0.2, 0.25) is 5.91 Å². The molecule has 1 aliphatic heterocycles. The van der Waals surface area contributed by atoms with Gasteiger partial charge < -0.3 is 16.5 Å². The summed E-state index contributed by atoms with van der Waals surface area (Å²) in [6.45, 7) is 1.80. The van der Waals surface area contributed by atoms with E-state index in [1.165, 1.54) is 0 Å². The zero-order valence-electron chi connectivity index (χ0n) is 6.79. The van der Waals surface area contributed by atoms with E-state index in [1.807, 2.05) is 0 Å². The minimum Gasteiger partial charge on any atom is -0.354 e. The van der Waals surface area contributed by atoms with Crippen molar-refractivity contribution in [1.29, 1.82) is 0 Å². The molecule has 12 heavy (non-hydrogen) atoms. The minimum atomic E-state index is 0.0784. The van der Waals surface area contributed by atoms with E-state index in [4.69, 9.17) is 5.84 Å². The van der Waals surface area contributed by atoms with Crippen molar-refractivity contribution in [3.8, 4) is 0 Å². The molecule has 1 fully saturated rings. The number of carbonyl (C=O) groups excluding carboxylic acids is 1. The quantitative estimate of drug-likeness (QED) is 0.276. The molecular weight excluding hydrogens is 158 g/mol. The van der Waals surface area contributed by atoms with Crippen molar-refractivity contribution in [1.82, 2.24) is 10.6 Å². The van der Waals surface area contributed by atoms with Crippen LogP contribution in [0.3, 0.4) is 0 Å². The lowest BCUT2D eigenvalue weighted by Gasteiger charge is -2.10. The molecule has 1 heterocycles. The Morgan fingerprint density at radius 2 is 2.50 bits per heavy atom. The Labute approximate surface area is 70.6 Å². The van der Waals surface area contributed by atoms with Crippen LogP contribution in [0.1, 0.15) is 6.42 Å². The predicted octanol–water partition coefficient (Wildman–Crippen LogP) is -1.21. The number of carbonyl (C=O) groups is 1. The van der Waals surface area contributed by atoms with E-state index in [0.717, 1.165) is 0 Å². The molecule has 1 rings (SSSR count). The fourth-order valence-electron chi connectivity index (χ4n) is 1.06. The second-order valence-corrected chi connectivity index (χ2v) is 2.64. The van der Waals surface area contributed by atoms with E-state index < -0.39 is 0 Å². The van der Waals surface area contributed by atoms with Crippen LogP contribution in [0.2, 0.25) is 0 Å². The highest BCUT2D eigenvalue weighted by Crippen LogP contribution is 1.91. The highest BCUT2D eigenvalue weighted by Gasteiger charge is 2.13. The number of nitrogens with two attached hydrogens (primary N) is 1. The van der Waals surface area contributed by atoms with Crippen LogP contribution >= 0.6 is 0 Å². The van der Waals surface area contributed by atoms with E-state index in [-0.39, 0.29) is 11.9 Å². The Kier molecular flexibility index (Phi) is 3.46. The molecule has 0 aromatic rings. The van der Waals surface area contributed by atoms with E-state index >= 15 is 0 Å². The molecule has 1 saturated heterocycles. The average molecular weight is 171 g/mol. The van der Waals surface area contributed by atoms with Gasteiger partial charge in [-0.3, -0.25) is 4.79 Å². The molecule has 0 aliphatic carbocycles. The zero-order chi connectivity index (χ0) is 8.81. The molecule has 1 amide bonds. The summed E-state index contributed by atoms with van der Waals surface area (Å²) >= 11 is 0. The van der Waals surface area contributed by atoms with Crippen LogP contribution in [0.5, 0.6) is 0 Å². The van der Waals surface area contributed by atoms with Gasteiger partial charge in [-0.1, -0.05) is 5.22 Å². The highest BCUT2D eigenvalue weighted by atomic mass is 16.1. The summed E-state index contributed by atoms with van der Waals surface area (Å²) in [7, 11) is 0. The largest absolute Gasteiger partial charge is 0.354 e. The number of hydrogen-bond donors (Lipinski definition) is 3. The third-order valence-corrected chi connectivity index (χ3v) is 1.71. The van der Waals surface area contributed by atoms with Gasteiger partial charge >= 0.3 is 0 Å². The monoisotopic (exact) mass is 171 g/mol. The molecule has 68 valence electrons. The van der Waals surface area contributed by atoms with Gasteiger partial charge in [-0.05, 0) is 0 Å². The lowest BCUT2D eigenvalue weighted by Crippen LogP contribution is -2.38. The molecule has 0 saturated carbocycles. The normalized spacial score (nSPS) is 25.3. The first-order chi connectivity index (χ1) is 5.83. The SMILES string of the molecule is NN=NC[C@@H]1CNC(=O)CCN1. The van der Waals surface area contributed by atoms with Crippen LogP contribution in [0.25, 0.3) is 0 Å². The summed E-state index contributed by atoms with van der Waals surface area (Å²) in [6.07, 6.45) is 0.524. The van der Waals surface area contributed by atoms with Gasteiger partial charge in [0, 0.05) is 25.6 Å². The van der Waals surface area contributed by atoms with Crippen LogP contribution in [-0.4, -0.2) is 31.6 Å². The lowest BCUT2D eigenvalue weighted by molar-refractivity contribution is -0.120. The van der Waals surface area contributed by atoms with Crippen LogP contribution in [-0.2, 0) is 4.79 Å². The van der Waals surface area contributed by atoms with Crippen LogP contribution < -0.4 is 16.5 Å². The molecule has 6 nitrogen and oxygen atoms in total. The fraction of sp³-hybridized carbons (Fsp3) is 0.833. The summed E-state index contributed by atoms with van der Waals surface area (Å²) < 4.78 is 0. The maximum Gasteiger partial charge on any atom is 0.221 e. The van der Waals surface area contributed by atoms with Crippen molar-refractivity contribution < 1.29 is 4.79 Å². The molecule has 1 aliphatic rings. The molecule has 0 aromatic carbocycles. The third-order valence-electron chi connectivity index (χ3n) is 1.71. The predicted molar refractivity (Wildman–Crippen MR) is 43.3 cm³/mol. The van der Waals surface area contributed by atoms with Crippen LogP contribution in [0.15, 0.2) is 10.3 Å². The van der Waals surface area contributed by atoms with Gasteiger partial charge in [-0.2, -0.15) is 5.11 Å². The first-order valence-corrected chi connectivity index (χ1v) is 3.89. The zero-order valence-corrected chi connectivity index (χ0v) is 6.79. The maximum absolute atomic E-state index is 10.9. The van der Waals surface area contributed by atoms with Crippen molar-refractivity contribution >= 4 is 5.91 Å². The molecule has 0 spiro atoms. The molecule has 6 heteroatoms. The van der Waals surface area contributed by atoms with E-state index in [9.17, 15) is 4.79 Å². The summed E-state index contributed by atoms with van der Waals surface area (Å²) in [4.78, 5) is 10.9. The first-order valence-electron chi connectivity index (χ1n) is 3.89. The molecule has 0 aromatic heterocycles. The smallest absolute Gasteiger partial charge is 0.221 e. The van der Waals surface area contributed by atoms with Crippen molar-refractivity contribution in [3.05, 3.63) is 0 Å². The minimum absolute atomic E-state index is 0.0784. The third kappa shape index (κ3) is 2.83. The molecule has 4 N–H and O–H groups in total. The second kappa shape index (κ2) is 4.66. The number of amides is 1. The van der Waals surface area contributed by atoms with Crippen LogP contribution in [0.4, 0.5) is 0 Å². The Bertz CT molecular complexity index is 181. The van der Waals surface area contributed by atoms with E-state index in [0.29, 0.717) is 26.1 Å². The molecule has 0 bridgehead atoms. The summed E-state index contributed by atoms with van der Waals surface area (Å²) in [5.74, 6) is 4.93. The Morgan fingerprint density at radius 3 is 3.25 bits per heavy atom. The topological polar surface area (TPSA) is 91.9 Å². The molecule has 1 atom stereocenters.